The van der Waals surface area contributed by atoms with Gasteiger partial charge in [0.05, 0.1) is 5.03 Å². The van der Waals surface area contributed by atoms with Gasteiger partial charge in [-0.2, -0.15) is 0 Å². The van der Waals surface area contributed by atoms with Crippen molar-refractivity contribution >= 4 is 29.1 Å². The van der Waals surface area contributed by atoms with Gasteiger partial charge >= 0.3 is 0 Å². The summed E-state index contributed by atoms with van der Waals surface area (Å²) in [7, 11) is 0. The molecule has 17 heavy (non-hydrogen) atoms. The van der Waals surface area contributed by atoms with E-state index in [0.717, 1.165) is 28.0 Å². The van der Waals surface area contributed by atoms with Gasteiger partial charge in [-0.05, 0) is 24.3 Å². The lowest BCUT2D eigenvalue weighted by Gasteiger charge is -2.05. The molecular weight excluding hydrogens is 254 g/mol. The van der Waals surface area contributed by atoms with Crippen LogP contribution in [0.3, 0.4) is 0 Å². The van der Waals surface area contributed by atoms with Crippen LogP contribution in [0.2, 0.25) is 5.02 Å². The number of aromatic nitrogens is 2. The van der Waals surface area contributed by atoms with Gasteiger partial charge in [0.25, 0.3) is 0 Å². The highest BCUT2D eigenvalue weighted by Crippen LogP contribution is 2.16. The van der Waals surface area contributed by atoms with Crippen molar-refractivity contribution in [3.8, 4) is 0 Å². The third kappa shape index (κ3) is 4.24. The predicted molar refractivity (Wildman–Crippen MR) is 72.7 cm³/mol. The minimum absolute atomic E-state index is 0.749. The first-order valence-electron chi connectivity index (χ1n) is 5.23. The molecule has 0 aliphatic rings. The molecule has 1 N–H and O–H groups in total. The summed E-state index contributed by atoms with van der Waals surface area (Å²) in [5.74, 6) is 0.948. The van der Waals surface area contributed by atoms with E-state index in [9.17, 15) is 0 Å². The fourth-order valence-corrected chi connectivity index (χ4v) is 2.20. The van der Waals surface area contributed by atoms with Gasteiger partial charge in [0, 0.05) is 29.2 Å². The highest BCUT2D eigenvalue weighted by atomic mass is 35.5. The van der Waals surface area contributed by atoms with Crippen LogP contribution in [0.4, 0.5) is 5.69 Å². The Morgan fingerprint density at radius 3 is 3.00 bits per heavy atom. The van der Waals surface area contributed by atoms with Crippen LogP contribution in [-0.4, -0.2) is 22.3 Å². The molecule has 0 aliphatic heterocycles. The number of halogens is 1. The van der Waals surface area contributed by atoms with Crippen molar-refractivity contribution in [1.29, 1.82) is 0 Å². The second-order valence-corrected chi connectivity index (χ2v) is 4.88. The van der Waals surface area contributed by atoms with E-state index in [1.807, 2.05) is 30.3 Å². The van der Waals surface area contributed by atoms with Crippen LogP contribution in [0.1, 0.15) is 0 Å². The van der Waals surface area contributed by atoms with E-state index in [4.69, 9.17) is 11.6 Å². The van der Waals surface area contributed by atoms with Gasteiger partial charge in [-0.3, -0.25) is 0 Å². The number of benzene rings is 1. The maximum atomic E-state index is 5.89. The summed E-state index contributed by atoms with van der Waals surface area (Å²) in [6, 6.07) is 9.62. The van der Waals surface area contributed by atoms with E-state index in [0.29, 0.717) is 0 Å². The van der Waals surface area contributed by atoms with E-state index in [1.54, 1.807) is 24.3 Å². The van der Waals surface area contributed by atoms with E-state index >= 15 is 0 Å². The number of rotatable bonds is 5. The smallest absolute Gasteiger partial charge is 0.116 e. The van der Waals surface area contributed by atoms with E-state index in [-0.39, 0.29) is 0 Å². The van der Waals surface area contributed by atoms with Crippen molar-refractivity contribution in [2.45, 2.75) is 5.03 Å². The second-order valence-electron chi connectivity index (χ2n) is 3.33. The monoisotopic (exact) mass is 265 g/mol. The summed E-state index contributed by atoms with van der Waals surface area (Å²) in [6.45, 7) is 0.870. The minimum Gasteiger partial charge on any atom is -0.384 e. The Labute approximate surface area is 110 Å². The molecule has 2 rings (SSSR count). The molecule has 0 bridgehead atoms. The molecule has 0 atom stereocenters. The summed E-state index contributed by atoms with van der Waals surface area (Å²) in [6.07, 6.45) is 3.31. The summed E-state index contributed by atoms with van der Waals surface area (Å²) < 4.78 is 0. The van der Waals surface area contributed by atoms with Gasteiger partial charge in [0.1, 0.15) is 6.33 Å². The van der Waals surface area contributed by atoms with Crippen LogP contribution in [0.5, 0.6) is 0 Å². The molecule has 0 saturated heterocycles. The Bertz CT molecular complexity index is 464. The normalized spacial score (nSPS) is 10.2. The first kappa shape index (κ1) is 12.2. The van der Waals surface area contributed by atoms with Crippen LogP contribution in [-0.2, 0) is 0 Å². The number of anilines is 1. The van der Waals surface area contributed by atoms with Crippen LogP contribution in [0.15, 0.2) is 47.9 Å². The van der Waals surface area contributed by atoms with Crippen LogP contribution < -0.4 is 5.32 Å². The number of hydrogen-bond acceptors (Lipinski definition) is 4. The average Bonchev–Trinajstić information content (AvgIpc) is 2.36. The van der Waals surface area contributed by atoms with E-state index < -0.39 is 0 Å². The molecule has 0 fully saturated rings. The van der Waals surface area contributed by atoms with Crippen LogP contribution in [0.25, 0.3) is 0 Å². The quantitative estimate of drug-likeness (QED) is 0.511. The Hall–Kier alpha value is -1.26. The molecule has 5 heteroatoms. The Balaban J connectivity index is 1.73. The van der Waals surface area contributed by atoms with Crippen molar-refractivity contribution in [2.75, 3.05) is 17.6 Å². The highest BCUT2D eigenvalue weighted by Gasteiger charge is 1.95. The van der Waals surface area contributed by atoms with Crippen molar-refractivity contribution in [1.82, 2.24) is 9.97 Å². The number of thioether (sulfide) groups is 1. The number of nitrogens with one attached hydrogen (secondary N) is 1. The Morgan fingerprint density at radius 1 is 1.29 bits per heavy atom. The number of nitrogens with zero attached hydrogens (tertiary/aromatic N) is 2. The lowest BCUT2D eigenvalue weighted by atomic mass is 10.3. The summed E-state index contributed by atoms with van der Waals surface area (Å²) >= 11 is 7.59. The van der Waals surface area contributed by atoms with E-state index in [2.05, 4.69) is 15.3 Å². The zero-order chi connectivity index (χ0) is 11.9. The highest BCUT2D eigenvalue weighted by molar-refractivity contribution is 7.99. The molecule has 0 saturated carbocycles. The molecule has 0 aliphatic carbocycles. The van der Waals surface area contributed by atoms with Gasteiger partial charge in [-0.1, -0.05) is 17.7 Å². The van der Waals surface area contributed by atoms with Gasteiger partial charge in [0.15, 0.2) is 0 Å². The Morgan fingerprint density at radius 2 is 2.24 bits per heavy atom. The molecule has 88 valence electrons. The molecule has 1 aromatic carbocycles. The molecule has 1 heterocycles. The minimum atomic E-state index is 0.749. The fraction of sp³-hybridized carbons (Fsp3) is 0.167. The van der Waals surface area contributed by atoms with Crippen LogP contribution in [0, 0.1) is 0 Å². The molecule has 3 nitrogen and oxygen atoms in total. The summed E-state index contributed by atoms with van der Waals surface area (Å²) in [4.78, 5) is 8.02. The zero-order valence-corrected chi connectivity index (χ0v) is 10.7. The first-order chi connectivity index (χ1) is 8.34. The largest absolute Gasteiger partial charge is 0.384 e. The van der Waals surface area contributed by atoms with Crippen LogP contribution >= 0.6 is 23.4 Å². The maximum Gasteiger partial charge on any atom is 0.116 e. The van der Waals surface area contributed by atoms with Gasteiger partial charge in [-0.25, -0.2) is 9.97 Å². The topological polar surface area (TPSA) is 37.8 Å². The van der Waals surface area contributed by atoms with Crippen molar-refractivity contribution < 1.29 is 0 Å². The van der Waals surface area contributed by atoms with Crippen molar-refractivity contribution in [3.63, 3.8) is 0 Å². The third-order valence-corrected chi connectivity index (χ3v) is 3.24. The zero-order valence-electron chi connectivity index (χ0n) is 9.14. The molecule has 2 aromatic rings. The van der Waals surface area contributed by atoms with Gasteiger partial charge in [-0.15, -0.1) is 11.8 Å². The maximum absolute atomic E-state index is 5.89. The summed E-state index contributed by atoms with van der Waals surface area (Å²) in [5.41, 5.74) is 1.04. The van der Waals surface area contributed by atoms with Crippen molar-refractivity contribution in [3.05, 3.63) is 47.9 Å². The average molecular weight is 266 g/mol. The number of hydrogen-bond donors (Lipinski definition) is 1. The molecule has 0 unspecified atom stereocenters. The molecule has 0 amide bonds. The van der Waals surface area contributed by atoms with Gasteiger partial charge < -0.3 is 5.32 Å². The standard InChI is InChI=1S/C12H12ClN3S/c13-10-2-1-3-11(8-10)15-6-7-17-12-4-5-14-9-16-12/h1-5,8-9,15H,6-7H2. The molecule has 1 aromatic heterocycles. The second kappa shape index (κ2) is 6.47. The Kier molecular flexibility index (Phi) is 4.64. The molecule has 0 radical (unpaired) electrons. The third-order valence-electron chi connectivity index (χ3n) is 2.06. The van der Waals surface area contributed by atoms with Gasteiger partial charge in [0.2, 0.25) is 0 Å². The first-order valence-corrected chi connectivity index (χ1v) is 6.59. The molecule has 0 spiro atoms. The fourth-order valence-electron chi connectivity index (χ4n) is 1.31. The predicted octanol–water partition coefficient (Wildman–Crippen LogP) is 3.33. The SMILES string of the molecule is Clc1cccc(NCCSc2ccncn2)c1. The van der Waals surface area contributed by atoms with Crippen molar-refractivity contribution in [2.24, 2.45) is 0 Å². The lowest BCUT2D eigenvalue weighted by molar-refractivity contribution is 1.04. The van der Waals surface area contributed by atoms with E-state index in [1.165, 1.54) is 0 Å². The molecular formula is C12H12ClN3S. The summed E-state index contributed by atoms with van der Waals surface area (Å²) in [5, 5.41) is 5.05. The lowest BCUT2D eigenvalue weighted by Crippen LogP contribution is -2.03.